The Morgan fingerprint density at radius 1 is 1.19 bits per heavy atom. The highest BCUT2D eigenvalue weighted by atomic mass is 16.5. The summed E-state index contributed by atoms with van der Waals surface area (Å²) in [7, 11) is 1.56. The number of ether oxygens (including phenoxy) is 2. The van der Waals surface area contributed by atoms with Gasteiger partial charge < -0.3 is 13.9 Å². The topological polar surface area (TPSA) is 89.8 Å². The van der Waals surface area contributed by atoms with Gasteiger partial charge in [-0.15, -0.1) is 0 Å². The fourth-order valence-corrected chi connectivity index (χ4v) is 2.03. The molecule has 2 rings (SSSR count). The largest absolute Gasteiger partial charge is 0.493 e. The SMILES string of the molecule is CCCCOc1ccc(/C=C/C(=O)NNC(=O)c2ccco2)cc1OC. The minimum atomic E-state index is -0.535. The lowest BCUT2D eigenvalue weighted by atomic mass is 10.2. The molecule has 0 aliphatic carbocycles. The number of unbranched alkanes of at least 4 members (excludes halogenated alkanes) is 1. The predicted molar refractivity (Wildman–Crippen MR) is 96.7 cm³/mol. The first-order chi connectivity index (χ1) is 12.6. The summed E-state index contributed by atoms with van der Waals surface area (Å²) in [6, 6.07) is 8.46. The van der Waals surface area contributed by atoms with Crippen LogP contribution in [-0.4, -0.2) is 25.5 Å². The quantitative estimate of drug-likeness (QED) is 0.430. The van der Waals surface area contributed by atoms with Crippen molar-refractivity contribution in [3.8, 4) is 11.5 Å². The Balaban J connectivity index is 1.90. The van der Waals surface area contributed by atoms with Gasteiger partial charge in [-0.05, 0) is 42.3 Å². The van der Waals surface area contributed by atoms with Gasteiger partial charge in [-0.2, -0.15) is 0 Å². The third-order valence-electron chi connectivity index (χ3n) is 3.41. The Hall–Kier alpha value is -3.22. The Labute approximate surface area is 151 Å². The molecule has 0 atom stereocenters. The lowest BCUT2D eigenvalue weighted by molar-refractivity contribution is -0.117. The van der Waals surface area contributed by atoms with E-state index >= 15 is 0 Å². The van der Waals surface area contributed by atoms with Gasteiger partial charge >= 0.3 is 5.91 Å². The van der Waals surface area contributed by atoms with Crippen LogP contribution in [0.2, 0.25) is 0 Å². The summed E-state index contributed by atoms with van der Waals surface area (Å²) in [5, 5.41) is 0. The lowest BCUT2D eigenvalue weighted by Gasteiger charge is -2.11. The number of rotatable bonds is 8. The molecule has 7 heteroatoms. The average Bonchev–Trinajstić information content (AvgIpc) is 3.20. The number of hydrogen-bond donors (Lipinski definition) is 2. The van der Waals surface area contributed by atoms with Crippen LogP contribution < -0.4 is 20.3 Å². The van der Waals surface area contributed by atoms with Crippen LogP contribution in [0.3, 0.4) is 0 Å². The van der Waals surface area contributed by atoms with Crippen molar-refractivity contribution >= 4 is 17.9 Å². The molecule has 1 aromatic carbocycles. The smallest absolute Gasteiger partial charge is 0.305 e. The van der Waals surface area contributed by atoms with Crippen LogP contribution in [0, 0.1) is 0 Å². The molecule has 1 heterocycles. The van der Waals surface area contributed by atoms with Crippen LogP contribution in [0.1, 0.15) is 35.9 Å². The molecule has 0 bridgehead atoms. The molecule has 2 amide bonds. The second-order valence-electron chi connectivity index (χ2n) is 5.37. The van der Waals surface area contributed by atoms with Gasteiger partial charge in [-0.3, -0.25) is 20.4 Å². The molecule has 0 fully saturated rings. The molecule has 0 aliphatic heterocycles. The molecule has 0 spiro atoms. The van der Waals surface area contributed by atoms with Gasteiger partial charge in [0.1, 0.15) is 0 Å². The number of carbonyl (C=O) groups is 2. The van der Waals surface area contributed by atoms with Crippen LogP contribution in [0.5, 0.6) is 11.5 Å². The molecule has 0 unspecified atom stereocenters. The van der Waals surface area contributed by atoms with E-state index in [9.17, 15) is 9.59 Å². The highest BCUT2D eigenvalue weighted by molar-refractivity contribution is 5.96. The third-order valence-corrected chi connectivity index (χ3v) is 3.41. The van der Waals surface area contributed by atoms with E-state index in [0.29, 0.717) is 18.1 Å². The molecular weight excluding hydrogens is 336 g/mol. The maximum Gasteiger partial charge on any atom is 0.305 e. The number of nitrogens with one attached hydrogen (secondary N) is 2. The molecule has 0 saturated heterocycles. The fourth-order valence-electron chi connectivity index (χ4n) is 2.03. The van der Waals surface area contributed by atoms with E-state index in [2.05, 4.69) is 17.8 Å². The summed E-state index contributed by atoms with van der Waals surface area (Å²) in [5.74, 6) is 0.347. The normalized spacial score (nSPS) is 10.5. The average molecular weight is 358 g/mol. The van der Waals surface area contributed by atoms with Gasteiger partial charge in [-0.25, -0.2) is 0 Å². The van der Waals surface area contributed by atoms with E-state index in [1.54, 1.807) is 31.4 Å². The molecule has 26 heavy (non-hydrogen) atoms. The standard InChI is InChI=1S/C19H22N2O5/c1-3-4-11-25-15-9-7-14(13-17(15)24-2)8-10-18(22)20-21-19(23)16-6-5-12-26-16/h5-10,12-13H,3-4,11H2,1-2H3,(H,20,22)(H,21,23)/b10-8+. The number of furan rings is 1. The summed E-state index contributed by atoms with van der Waals surface area (Å²) in [6.45, 7) is 2.72. The third kappa shape index (κ3) is 5.70. The van der Waals surface area contributed by atoms with Crippen molar-refractivity contribution < 1.29 is 23.5 Å². The van der Waals surface area contributed by atoms with Gasteiger partial charge in [0.15, 0.2) is 17.3 Å². The van der Waals surface area contributed by atoms with Crippen molar-refractivity contribution in [3.05, 3.63) is 54.0 Å². The first-order valence-electron chi connectivity index (χ1n) is 8.26. The Morgan fingerprint density at radius 3 is 2.73 bits per heavy atom. The van der Waals surface area contributed by atoms with Crippen molar-refractivity contribution in [2.24, 2.45) is 0 Å². The molecule has 7 nitrogen and oxygen atoms in total. The Kier molecular flexibility index (Phi) is 7.30. The highest BCUT2D eigenvalue weighted by Gasteiger charge is 2.08. The van der Waals surface area contributed by atoms with Gasteiger partial charge in [-0.1, -0.05) is 19.4 Å². The van der Waals surface area contributed by atoms with Crippen molar-refractivity contribution in [1.82, 2.24) is 10.9 Å². The summed E-state index contributed by atoms with van der Waals surface area (Å²) in [5.41, 5.74) is 5.29. The van der Waals surface area contributed by atoms with E-state index in [4.69, 9.17) is 13.9 Å². The molecule has 0 radical (unpaired) electrons. The second kappa shape index (κ2) is 9.93. The van der Waals surface area contributed by atoms with Crippen LogP contribution >= 0.6 is 0 Å². The number of hydrazine groups is 1. The fraction of sp³-hybridized carbons (Fsp3) is 0.263. The maximum absolute atomic E-state index is 11.8. The summed E-state index contributed by atoms with van der Waals surface area (Å²) in [6.07, 6.45) is 6.30. The van der Waals surface area contributed by atoms with Crippen LogP contribution in [0.15, 0.2) is 47.1 Å². The Morgan fingerprint density at radius 2 is 2.04 bits per heavy atom. The molecule has 0 aliphatic rings. The number of carbonyl (C=O) groups excluding carboxylic acids is 2. The molecule has 1 aromatic heterocycles. The molecule has 0 saturated carbocycles. The van der Waals surface area contributed by atoms with Gasteiger partial charge in [0.2, 0.25) is 0 Å². The van der Waals surface area contributed by atoms with Crippen LogP contribution in [0.25, 0.3) is 6.08 Å². The first kappa shape index (κ1) is 19.1. The van der Waals surface area contributed by atoms with Crippen molar-refractivity contribution in [2.75, 3.05) is 13.7 Å². The molecule has 2 N–H and O–H groups in total. The highest BCUT2D eigenvalue weighted by Crippen LogP contribution is 2.28. The second-order valence-corrected chi connectivity index (χ2v) is 5.37. The molecule has 138 valence electrons. The number of benzene rings is 1. The zero-order valence-electron chi connectivity index (χ0n) is 14.8. The van der Waals surface area contributed by atoms with Crippen LogP contribution in [-0.2, 0) is 4.79 Å². The van der Waals surface area contributed by atoms with E-state index in [0.717, 1.165) is 18.4 Å². The lowest BCUT2D eigenvalue weighted by Crippen LogP contribution is -2.40. The van der Waals surface area contributed by atoms with Crippen molar-refractivity contribution in [3.63, 3.8) is 0 Å². The maximum atomic E-state index is 11.8. The number of amides is 2. The summed E-state index contributed by atoms with van der Waals surface area (Å²) >= 11 is 0. The van der Waals surface area contributed by atoms with Crippen molar-refractivity contribution in [1.29, 1.82) is 0 Å². The van der Waals surface area contributed by atoms with E-state index in [1.807, 2.05) is 6.07 Å². The zero-order valence-corrected chi connectivity index (χ0v) is 14.8. The summed E-state index contributed by atoms with van der Waals surface area (Å²) in [4.78, 5) is 23.4. The summed E-state index contributed by atoms with van der Waals surface area (Å²) < 4.78 is 15.9. The van der Waals surface area contributed by atoms with Gasteiger partial charge in [0.05, 0.1) is 20.0 Å². The van der Waals surface area contributed by atoms with E-state index in [1.165, 1.54) is 18.4 Å². The van der Waals surface area contributed by atoms with Gasteiger partial charge in [0.25, 0.3) is 5.91 Å². The first-order valence-corrected chi connectivity index (χ1v) is 8.26. The monoisotopic (exact) mass is 358 g/mol. The molecular formula is C19H22N2O5. The Bertz CT molecular complexity index is 753. The predicted octanol–water partition coefficient (Wildman–Crippen LogP) is 2.94. The molecule has 2 aromatic rings. The van der Waals surface area contributed by atoms with Crippen molar-refractivity contribution in [2.45, 2.75) is 19.8 Å². The minimum Gasteiger partial charge on any atom is -0.493 e. The number of methoxy groups -OCH3 is 1. The number of hydrogen-bond acceptors (Lipinski definition) is 5. The van der Waals surface area contributed by atoms with Crippen LogP contribution in [0.4, 0.5) is 0 Å². The van der Waals surface area contributed by atoms with E-state index in [-0.39, 0.29) is 5.76 Å². The van der Waals surface area contributed by atoms with Gasteiger partial charge in [0, 0.05) is 6.08 Å². The van der Waals surface area contributed by atoms with E-state index < -0.39 is 11.8 Å². The zero-order chi connectivity index (χ0) is 18.8. The minimum absolute atomic E-state index is 0.109.